The van der Waals surface area contributed by atoms with E-state index in [-0.39, 0.29) is 6.41 Å². The molecule has 2 unspecified atom stereocenters. The first kappa shape index (κ1) is 31.6. The molecule has 1 aliphatic heterocycles. The maximum absolute atomic E-state index is 9.35. The molecule has 2 aromatic rings. The molecular formula is C34H52N2O2. The van der Waals surface area contributed by atoms with Crippen LogP contribution in [0, 0.1) is 11.8 Å². The van der Waals surface area contributed by atoms with E-state index in [2.05, 4.69) is 42.5 Å². The van der Waals surface area contributed by atoms with Crippen LogP contribution in [0.5, 0.6) is 5.75 Å². The molecule has 5 rings (SSSR count). The van der Waals surface area contributed by atoms with Gasteiger partial charge in [0.2, 0.25) is 6.41 Å². The second-order valence-electron chi connectivity index (χ2n) is 10.8. The van der Waals surface area contributed by atoms with Crippen molar-refractivity contribution in [2.45, 2.75) is 90.9 Å². The van der Waals surface area contributed by atoms with Crippen LogP contribution in [0.4, 0.5) is 0 Å². The number of benzene rings is 2. The summed E-state index contributed by atoms with van der Waals surface area (Å²) in [7, 11) is 2.21. The molecule has 1 heterocycles. The average Bonchev–Trinajstić information content (AvgIpc) is 3.55. The number of amides is 1. The predicted octanol–water partition coefficient (Wildman–Crippen LogP) is 7.56. The third-order valence-electron chi connectivity index (χ3n) is 7.79. The molecule has 1 saturated heterocycles. The first-order valence-electron chi connectivity index (χ1n) is 14.9. The fraction of sp³-hybridized carbons (Fsp3) is 0.559. The van der Waals surface area contributed by atoms with E-state index < -0.39 is 0 Å². The minimum absolute atomic E-state index is 0.250. The fourth-order valence-electron chi connectivity index (χ4n) is 5.61. The van der Waals surface area contributed by atoms with E-state index in [4.69, 9.17) is 4.79 Å². The number of aryl methyl sites for hydroxylation is 3. The van der Waals surface area contributed by atoms with Crippen LogP contribution in [-0.2, 0) is 24.1 Å². The summed E-state index contributed by atoms with van der Waals surface area (Å²) in [5, 5.41) is 9.35. The number of nitrogens with two attached hydrogens (primary N) is 1. The van der Waals surface area contributed by atoms with Crippen LogP contribution in [0.2, 0.25) is 0 Å². The summed E-state index contributed by atoms with van der Waals surface area (Å²) in [4.78, 5) is 11.0. The highest BCUT2D eigenvalue weighted by Crippen LogP contribution is 2.44. The molecule has 2 fully saturated rings. The van der Waals surface area contributed by atoms with Gasteiger partial charge in [-0.25, -0.2) is 0 Å². The Morgan fingerprint density at radius 2 is 1.53 bits per heavy atom. The Hall–Kier alpha value is -2.59. The highest BCUT2D eigenvalue weighted by molar-refractivity contribution is 5.63. The van der Waals surface area contributed by atoms with E-state index in [1.165, 1.54) is 94.9 Å². The molecular weight excluding hydrogens is 468 g/mol. The van der Waals surface area contributed by atoms with Crippen LogP contribution >= 0.6 is 0 Å². The monoisotopic (exact) mass is 520 g/mol. The lowest BCUT2D eigenvalue weighted by atomic mass is 9.89. The van der Waals surface area contributed by atoms with Gasteiger partial charge in [0.25, 0.3) is 0 Å². The third kappa shape index (κ3) is 11.4. The fourth-order valence-corrected chi connectivity index (χ4v) is 5.61. The van der Waals surface area contributed by atoms with Crippen molar-refractivity contribution in [2.75, 3.05) is 20.1 Å². The van der Waals surface area contributed by atoms with Gasteiger partial charge in [0.05, 0.1) is 0 Å². The molecule has 4 nitrogen and oxygen atoms in total. The van der Waals surface area contributed by atoms with Gasteiger partial charge in [-0.15, -0.1) is 0 Å². The number of carbonyl (C=O) groups is 1. The van der Waals surface area contributed by atoms with E-state index >= 15 is 0 Å². The zero-order chi connectivity index (χ0) is 27.8. The van der Waals surface area contributed by atoms with Crippen molar-refractivity contribution < 1.29 is 9.90 Å². The van der Waals surface area contributed by atoms with Gasteiger partial charge >= 0.3 is 0 Å². The predicted molar refractivity (Wildman–Crippen MR) is 162 cm³/mol. The maximum atomic E-state index is 9.35. The summed E-state index contributed by atoms with van der Waals surface area (Å²) >= 11 is 0. The van der Waals surface area contributed by atoms with Crippen molar-refractivity contribution in [3.8, 4) is 5.75 Å². The topological polar surface area (TPSA) is 66.6 Å². The third-order valence-corrected chi connectivity index (χ3v) is 7.79. The number of piperidine rings is 1. The second-order valence-corrected chi connectivity index (χ2v) is 10.8. The van der Waals surface area contributed by atoms with E-state index in [0.717, 1.165) is 23.8 Å². The van der Waals surface area contributed by atoms with Gasteiger partial charge in [-0.05, 0) is 117 Å². The number of phenolic OH excluding ortho intramolecular Hbond substituents is 1. The lowest BCUT2D eigenvalue weighted by Gasteiger charge is -2.16. The van der Waals surface area contributed by atoms with Gasteiger partial charge in [-0.3, -0.25) is 4.79 Å². The summed E-state index contributed by atoms with van der Waals surface area (Å²) < 4.78 is 0. The Kier molecular flexibility index (Phi) is 14.8. The van der Waals surface area contributed by atoms with Crippen molar-refractivity contribution in [3.05, 3.63) is 71.3 Å². The standard InChI is InChI=1S/C25H32O.C6H11N.C2H6.CH3NO/c1-20(22-15-17-25(26)18-16-22)9-5-3-2-4-6-10-21-13-14-23-11-7-8-12-24(23)19-21;1-7-3-5-2-6(5)4-7;1-2;2-1-3/h13-19,26H,1-12H2;5-6H,2-4H2,1H3;1-2H3;1H,(H2,2,3). The second kappa shape index (κ2) is 17.8. The number of aromatic hydroxyl groups is 1. The Bertz CT molecular complexity index is 943. The molecule has 0 bridgehead atoms. The van der Waals surface area contributed by atoms with E-state index in [0.29, 0.717) is 5.75 Å². The van der Waals surface area contributed by atoms with E-state index in [9.17, 15) is 5.11 Å². The largest absolute Gasteiger partial charge is 0.508 e. The highest BCUT2D eigenvalue weighted by atomic mass is 16.3. The molecule has 1 amide bonds. The number of hydrogen-bond donors (Lipinski definition) is 2. The number of likely N-dealkylation sites (tertiary alicyclic amines) is 1. The van der Waals surface area contributed by atoms with E-state index in [1.54, 1.807) is 23.3 Å². The van der Waals surface area contributed by atoms with E-state index in [1.807, 2.05) is 26.0 Å². The first-order chi connectivity index (χ1) is 18.5. The first-order valence-corrected chi connectivity index (χ1v) is 14.9. The minimum Gasteiger partial charge on any atom is -0.508 e. The Labute approximate surface area is 232 Å². The van der Waals surface area contributed by atoms with Crippen LogP contribution in [-0.4, -0.2) is 36.6 Å². The van der Waals surface area contributed by atoms with Crippen molar-refractivity contribution in [2.24, 2.45) is 17.6 Å². The van der Waals surface area contributed by atoms with Gasteiger partial charge < -0.3 is 15.7 Å². The molecule has 2 aromatic carbocycles. The van der Waals surface area contributed by atoms with Crippen LogP contribution in [0.1, 0.15) is 93.9 Å². The number of phenols is 1. The molecule has 0 radical (unpaired) electrons. The van der Waals surface area contributed by atoms with Crippen LogP contribution in [0.15, 0.2) is 49.0 Å². The molecule has 3 N–H and O–H groups in total. The normalized spacial score (nSPS) is 18.7. The lowest BCUT2D eigenvalue weighted by molar-refractivity contribution is -0.106. The number of allylic oxidation sites excluding steroid dienone is 1. The smallest absolute Gasteiger partial charge is 0.204 e. The zero-order valence-corrected chi connectivity index (χ0v) is 24.3. The van der Waals surface area contributed by atoms with Crippen molar-refractivity contribution in [3.63, 3.8) is 0 Å². The van der Waals surface area contributed by atoms with Crippen LogP contribution < -0.4 is 5.73 Å². The van der Waals surface area contributed by atoms with Gasteiger partial charge in [-0.1, -0.05) is 70.0 Å². The van der Waals surface area contributed by atoms with Crippen LogP contribution in [0.3, 0.4) is 0 Å². The molecule has 3 aliphatic rings. The summed E-state index contributed by atoms with van der Waals surface area (Å²) in [6.07, 6.45) is 15.8. The summed E-state index contributed by atoms with van der Waals surface area (Å²) in [5.74, 6) is 2.55. The maximum Gasteiger partial charge on any atom is 0.204 e. The molecule has 0 spiro atoms. The summed E-state index contributed by atoms with van der Waals surface area (Å²) in [5.41, 5.74) is 11.2. The number of rotatable bonds is 9. The van der Waals surface area contributed by atoms with Gasteiger partial charge in [0.15, 0.2) is 0 Å². The Morgan fingerprint density at radius 3 is 2.13 bits per heavy atom. The summed E-state index contributed by atoms with van der Waals surface area (Å²) in [6.45, 7) is 10.9. The van der Waals surface area contributed by atoms with Gasteiger partial charge in [0, 0.05) is 13.1 Å². The molecule has 2 atom stereocenters. The number of carbonyl (C=O) groups excluding carboxylic acids is 1. The van der Waals surface area contributed by atoms with Gasteiger partial charge in [0.1, 0.15) is 5.75 Å². The molecule has 0 aromatic heterocycles. The SMILES string of the molecule is C=C(CCCCCCCc1ccc2c(c1)CCCC2)c1ccc(O)cc1.CC.CN1CC2CC2C1.NC=O. The number of primary amides is 1. The Balaban J connectivity index is 0.000000348. The highest BCUT2D eigenvalue weighted by Gasteiger charge is 2.43. The summed E-state index contributed by atoms with van der Waals surface area (Å²) in [6, 6.07) is 14.6. The Morgan fingerprint density at radius 1 is 0.947 bits per heavy atom. The average molecular weight is 521 g/mol. The quantitative estimate of drug-likeness (QED) is 0.265. The molecule has 2 aliphatic carbocycles. The number of hydrogen-bond acceptors (Lipinski definition) is 3. The van der Waals surface area contributed by atoms with Crippen LogP contribution in [0.25, 0.3) is 5.57 Å². The zero-order valence-electron chi connectivity index (χ0n) is 24.3. The number of unbranched alkanes of at least 4 members (excludes halogenated alkanes) is 4. The lowest BCUT2D eigenvalue weighted by Crippen LogP contribution is -2.15. The van der Waals surface area contributed by atoms with Crippen molar-refractivity contribution in [1.82, 2.24) is 4.90 Å². The molecule has 38 heavy (non-hydrogen) atoms. The number of nitrogens with zero attached hydrogens (tertiary/aromatic N) is 1. The number of fused-ring (bicyclic) bond motifs is 2. The van der Waals surface area contributed by atoms with Crippen molar-refractivity contribution in [1.29, 1.82) is 0 Å². The van der Waals surface area contributed by atoms with Gasteiger partial charge in [-0.2, -0.15) is 0 Å². The molecule has 210 valence electrons. The minimum atomic E-state index is 0.250. The molecule has 1 saturated carbocycles. The van der Waals surface area contributed by atoms with Crippen molar-refractivity contribution >= 4 is 12.0 Å². The molecule has 4 heteroatoms.